The second-order valence-electron chi connectivity index (χ2n) is 4.82. The number of hydrogen-bond donors (Lipinski definition) is 0. The molecule has 0 fully saturated rings. The highest BCUT2D eigenvalue weighted by molar-refractivity contribution is 7.85. The van der Waals surface area contributed by atoms with E-state index in [2.05, 4.69) is 4.18 Å². The zero-order valence-corrected chi connectivity index (χ0v) is 13.9. The summed E-state index contributed by atoms with van der Waals surface area (Å²) in [6.45, 7) is 4.05. The summed E-state index contributed by atoms with van der Waals surface area (Å²) in [6, 6.07) is 9.95. The summed E-state index contributed by atoms with van der Waals surface area (Å²) < 4.78 is 42.2. The van der Waals surface area contributed by atoms with Gasteiger partial charge in [-0.2, -0.15) is 8.42 Å². The maximum absolute atomic E-state index is 10.7. The van der Waals surface area contributed by atoms with Crippen LogP contribution in [0, 0.1) is 0 Å². The highest BCUT2D eigenvalue weighted by atomic mass is 32.2. The monoisotopic (exact) mass is 332 g/mol. The number of benzene rings is 1. The Labute approximate surface area is 132 Å². The Kier molecular flexibility index (Phi) is 9.26. The van der Waals surface area contributed by atoms with E-state index in [9.17, 15) is 8.42 Å². The van der Waals surface area contributed by atoms with Gasteiger partial charge in [-0.15, -0.1) is 0 Å². The Morgan fingerprint density at radius 2 is 1.64 bits per heavy atom. The van der Waals surface area contributed by atoms with Gasteiger partial charge in [-0.1, -0.05) is 30.3 Å². The van der Waals surface area contributed by atoms with Crippen LogP contribution in [0.4, 0.5) is 0 Å². The lowest BCUT2D eigenvalue weighted by atomic mass is 10.2. The van der Waals surface area contributed by atoms with Crippen molar-refractivity contribution in [1.82, 2.24) is 0 Å². The van der Waals surface area contributed by atoms with Gasteiger partial charge in [0.25, 0.3) is 10.1 Å². The Morgan fingerprint density at radius 1 is 1.00 bits per heavy atom. The number of hydrogen-bond acceptors (Lipinski definition) is 6. The third-order valence-electron chi connectivity index (χ3n) is 2.63. The molecule has 0 aliphatic rings. The molecule has 1 aromatic rings. The molecular weight excluding hydrogens is 308 g/mol. The first kappa shape index (κ1) is 19.1. The normalized spacial score (nSPS) is 13.2. The van der Waals surface area contributed by atoms with Gasteiger partial charge in [0.1, 0.15) is 0 Å². The van der Waals surface area contributed by atoms with Crippen molar-refractivity contribution in [2.24, 2.45) is 0 Å². The molecule has 6 nitrogen and oxygen atoms in total. The standard InChI is InChI=1S/C15H24O6S/c1-14(20-13-15-6-4-3-5-7-15)12-19-9-8-18-10-11-21-22(2,16)17/h3-7,14H,8-13H2,1-2H3. The van der Waals surface area contributed by atoms with Crippen molar-refractivity contribution >= 4 is 10.1 Å². The van der Waals surface area contributed by atoms with Crippen molar-refractivity contribution in [3.8, 4) is 0 Å². The lowest BCUT2D eigenvalue weighted by Gasteiger charge is -2.13. The van der Waals surface area contributed by atoms with Crippen molar-refractivity contribution in [3.05, 3.63) is 35.9 Å². The van der Waals surface area contributed by atoms with Crippen molar-refractivity contribution in [2.45, 2.75) is 19.6 Å². The fourth-order valence-corrected chi connectivity index (χ4v) is 1.95. The van der Waals surface area contributed by atoms with Gasteiger partial charge >= 0.3 is 0 Å². The fraction of sp³-hybridized carbons (Fsp3) is 0.600. The van der Waals surface area contributed by atoms with Gasteiger partial charge in [-0.05, 0) is 12.5 Å². The molecule has 0 radical (unpaired) electrons. The van der Waals surface area contributed by atoms with E-state index in [1.807, 2.05) is 37.3 Å². The fourth-order valence-electron chi connectivity index (χ4n) is 1.57. The lowest BCUT2D eigenvalue weighted by Crippen LogP contribution is -2.18. The van der Waals surface area contributed by atoms with Crippen molar-refractivity contribution in [1.29, 1.82) is 0 Å². The smallest absolute Gasteiger partial charge is 0.264 e. The summed E-state index contributed by atoms with van der Waals surface area (Å²) in [5.41, 5.74) is 1.13. The molecule has 0 saturated heterocycles. The first-order valence-corrected chi connectivity index (χ1v) is 8.94. The van der Waals surface area contributed by atoms with Crippen molar-refractivity contribution in [3.63, 3.8) is 0 Å². The van der Waals surface area contributed by atoms with E-state index in [4.69, 9.17) is 14.2 Å². The third-order valence-corrected chi connectivity index (χ3v) is 3.22. The van der Waals surface area contributed by atoms with Gasteiger partial charge < -0.3 is 14.2 Å². The second kappa shape index (κ2) is 10.7. The van der Waals surface area contributed by atoms with Crippen LogP contribution in [0.15, 0.2) is 30.3 Å². The quantitative estimate of drug-likeness (QED) is 0.428. The second-order valence-corrected chi connectivity index (χ2v) is 6.46. The van der Waals surface area contributed by atoms with Crippen LogP contribution in [-0.2, 0) is 35.1 Å². The molecule has 22 heavy (non-hydrogen) atoms. The summed E-state index contributed by atoms with van der Waals surface area (Å²) >= 11 is 0. The van der Waals surface area contributed by atoms with E-state index in [0.717, 1.165) is 11.8 Å². The van der Waals surface area contributed by atoms with Crippen LogP contribution in [0.1, 0.15) is 12.5 Å². The predicted octanol–water partition coefficient (Wildman–Crippen LogP) is 1.60. The molecule has 0 aromatic heterocycles. The third kappa shape index (κ3) is 10.7. The molecule has 0 bridgehead atoms. The topological polar surface area (TPSA) is 71.1 Å². The van der Waals surface area contributed by atoms with Crippen LogP contribution in [0.3, 0.4) is 0 Å². The van der Waals surface area contributed by atoms with Gasteiger partial charge in [0.2, 0.25) is 0 Å². The molecule has 126 valence electrons. The summed E-state index contributed by atoms with van der Waals surface area (Å²) in [7, 11) is -3.39. The molecule has 7 heteroatoms. The van der Waals surface area contributed by atoms with Crippen LogP contribution in [0.2, 0.25) is 0 Å². The maximum atomic E-state index is 10.7. The maximum Gasteiger partial charge on any atom is 0.264 e. The minimum atomic E-state index is -3.39. The molecule has 0 heterocycles. The van der Waals surface area contributed by atoms with E-state index in [1.165, 1.54) is 0 Å². The van der Waals surface area contributed by atoms with Gasteiger partial charge in [-0.25, -0.2) is 0 Å². The van der Waals surface area contributed by atoms with Crippen molar-refractivity contribution in [2.75, 3.05) is 39.3 Å². The highest BCUT2D eigenvalue weighted by Gasteiger charge is 2.03. The molecular formula is C15H24O6S. The average Bonchev–Trinajstić information content (AvgIpc) is 2.48. The average molecular weight is 332 g/mol. The first-order chi connectivity index (χ1) is 10.5. The van der Waals surface area contributed by atoms with E-state index in [0.29, 0.717) is 26.4 Å². The van der Waals surface area contributed by atoms with E-state index in [-0.39, 0.29) is 19.3 Å². The number of rotatable bonds is 12. The molecule has 1 unspecified atom stereocenters. The lowest BCUT2D eigenvalue weighted by molar-refractivity contribution is -0.0311. The largest absolute Gasteiger partial charge is 0.377 e. The Balaban J connectivity index is 1.94. The first-order valence-electron chi connectivity index (χ1n) is 7.13. The van der Waals surface area contributed by atoms with E-state index >= 15 is 0 Å². The van der Waals surface area contributed by atoms with Crippen LogP contribution < -0.4 is 0 Å². The molecule has 0 aliphatic heterocycles. The Morgan fingerprint density at radius 3 is 2.32 bits per heavy atom. The molecule has 0 N–H and O–H groups in total. The minimum Gasteiger partial charge on any atom is -0.377 e. The zero-order valence-electron chi connectivity index (χ0n) is 13.1. The van der Waals surface area contributed by atoms with E-state index in [1.54, 1.807) is 0 Å². The van der Waals surface area contributed by atoms with Gasteiger partial charge in [0, 0.05) is 0 Å². The van der Waals surface area contributed by atoms with Gasteiger partial charge in [0.15, 0.2) is 0 Å². The summed E-state index contributed by atoms with van der Waals surface area (Å²) in [4.78, 5) is 0. The van der Waals surface area contributed by atoms with Gasteiger partial charge in [-0.3, -0.25) is 4.18 Å². The summed E-state index contributed by atoms with van der Waals surface area (Å²) in [5.74, 6) is 0. The molecule has 0 spiro atoms. The number of ether oxygens (including phenoxy) is 3. The highest BCUT2D eigenvalue weighted by Crippen LogP contribution is 2.03. The SMILES string of the molecule is CC(COCCOCCOS(C)(=O)=O)OCc1ccccc1. The Hall–Kier alpha value is -0.990. The summed E-state index contributed by atoms with van der Waals surface area (Å²) in [6.07, 6.45) is 1.00. The molecule has 1 rings (SSSR count). The van der Waals surface area contributed by atoms with Crippen LogP contribution >= 0.6 is 0 Å². The molecule has 0 saturated carbocycles. The molecule has 1 atom stereocenters. The molecule has 0 amide bonds. The van der Waals surface area contributed by atoms with Gasteiger partial charge in [0.05, 0.1) is 52.0 Å². The van der Waals surface area contributed by atoms with Crippen LogP contribution in [-0.4, -0.2) is 53.8 Å². The van der Waals surface area contributed by atoms with Crippen LogP contribution in [0.5, 0.6) is 0 Å². The predicted molar refractivity (Wildman–Crippen MR) is 83.1 cm³/mol. The van der Waals surface area contributed by atoms with Crippen LogP contribution in [0.25, 0.3) is 0 Å². The minimum absolute atomic E-state index is 0.00576. The molecule has 1 aromatic carbocycles. The zero-order chi connectivity index (χ0) is 16.3. The molecule has 0 aliphatic carbocycles. The Bertz CT molecular complexity index is 488. The van der Waals surface area contributed by atoms with E-state index < -0.39 is 10.1 Å². The van der Waals surface area contributed by atoms with Crippen molar-refractivity contribution < 1.29 is 26.8 Å². The summed E-state index contributed by atoms with van der Waals surface area (Å²) in [5, 5.41) is 0.